The average molecular weight is 240 g/mol. The minimum atomic E-state index is 0.781. The molecule has 0 aliphatic rings. The third-order valence-electron chi connectivity index (χ3n) is 1.71. The Morgan fingerprint density at radius 3 is 3.23 bits per heavy atom. The summed E-state index contributed by atoms with van der Waals surface area (Å²) in [6.07, 6.45) is 4.82. The molecule has 0 bridgehead atoms. The Hall–Kier alpha value is -1.36. The SMILES string of the molecule is O/N=C/c1cnn2ccc(Br)cc12. The van der Waals surface area contributed by atoms with Crippen LogP contribution in [0.5, 0.6) is 0 Å². The molecule has 0 spiro atoms. The van der Waals surface area contributed by atoms with Gasteiger partial charge in [0, 0.05) is 16.2 Å². The molecule has 1 N–H and O–H groups in total. The molecule has 0 saturated carbocycles. The lowest BCUT2D eigenvalue weighted by Crippen LogP contribution is -1.85. The first-order valence-electron chi connectivity index (χ1n) is 3.61. The van der Waals surface area contributed by atoms with Crippen LogP contribution in [0.4, 0.5) is 0 Å². The summed E-state index contributed by atoms with van der Waals surface area (Å²) in [4.78, 5) is 0. The highest BCUT2D eigenvalue weighted by atomic mass is 79.9. The van der Waals surface area contributed by atoms with Crippen LogP contribution < -0.4 is 0 Å². The van der Waals surface area contributed by atoms with Crippen molar-refractivity contribution < 1.29 is 5.21 Å². The number of rotatable bonds is 1. The van der Waals surface area contributed by atoms with Crippen molar-refractivity contribution in [2.75, 3.05) is 0 Å². The van der Waals surface area contributed by atoms with Gasteiger partial charge in [0.2, 0.25) is 0 Å². The number of hydrogen-bond acceptors (Lipinski definition) is 3. The largest absolute Gasteiger partial charge is 0.411 e. The van der Waals surface area contributed by atoms with Crippen LogP contribution in [0, 0.1) is 0 Å². The van der Waals surface area contributed by atoms with Gasteiger partial charge in [0.25, 0.3) is 0 Å². The van der Waals surface area contributed by atoms with E-state index in [-0.39, 0.29) is 0 Å². The molecule has 5 heteroatoms. The molecule has 2 heterocycles. The molecule has 0 amide bonds. The number of oxime groups is 1. The molecule has 2 aromatic heterocycles. The molecule has 0 aliphatic carbocycles. The molecule has 2 rings (SSSR count). The maximum Gasteiger partial charge on any atom is 0.0771 e. The molecule has 0 atom stereocenters. The van der Waals surface area contributed by atoms with Crippen molar-refractivity contribution in [3.8, 4) is 0 Å². The van der Waals surface area contributed by atoms with Crippen LogP contribution in [-0.4, -0.2) is 21.0 Å². The molecule has 0 unspecified atom stereocenters. The van der Waals surface area contributed by atoms with E-state index in [2.05, 4.69) is 26.2 Å². The maximum absolute atomic E-state index is 8.39. The van der Waals surface area contributed by atoms with Gasteiger partial charge in [-0.3, -0.25) is 0 Å². The molecule has 66 valence electrons. The zero-order valence-electron chi connectivity index (χ0n) is 6.55. The van der Waals surface area contributed by atoms with E-state index in [1.54, 1.807) is 10.7 Å². The van der Waals surface area contributed by atoms with Crippen molar-refractivity contribution >= 4 is 27.7 Å². The first-order chi connectivity index (χ1) is 6.31. The maximum atomic E-state index is 8.39. The molecular formula is C8H6BrN3O. The third-order valence-corrected chi connectivity index (χ3v) is 2.20. The fourth-order valence-corrected chi connectivity index (χ4v) is 1.47. The highest BCUT2D eigenvalue weighted by Gasteiger charge is 2.01. The van der Waals surface area contributed by atoms with Gasteiger partial charge in [0.15, 0.2) is 0 Å². The molecule has 0 aromatic carbocycles. The molecule has 2 aromatic rings. The summed E-state index contributed by atoms with van der Waals surface area (Å²) in [5.74, 6) is 0. The van der Waals surface area contributed by atoms with E-state index in [0.717, 1.165) is 15.6 Å². The van der Waals surface area contributed by atoms with Crippen LogP contribution in [0.15, 0.2) is 34.2 Å². The molecular weight excluding hydrogens is 234 g/mol. The Morgan fingerprint density at radius 1 is 1.62 bits per heavy atom. The predicted octanol–water partition coefficient (Wildman–Crippen LogP) is 1.90. The van der Waals surface area contributed by atoms with Gasteiger partial charge >= 0.3 is 0 Å². The lowest BCUT2D eigenvalue weighted by Gasteiger charge is -1.93. The first kappa shape index (κ1) is 8.25. The highest BCUT2D eigenvalue weighted by molar-refractivity contribution is 9.10. The number of nitrogens with zero attached hydrogens (tertiary/aromatic N) is 3. The number of hydrogen-bond donors (Lipinski definition) is 1. The van der Waals surface area contributed by atoms with Gasteiger partial charge in [-0.25, -0.2) is 4.52 Å². The zero-order chi connectivity index (χ0) is 9.26. The fraction of sp³-hybridized carbons (Fsp3) is 0. The zero-order valence-corrected chi connectivity index (χ0v) is 8.14. The molecule has 0 radical (unpaired) electrons. The smallest absolute Gasteiger partial charge is 0.0771 e. The lowest BCUT2D eigenvalue weighted by molar-refractivity contribution is 0.322. The third kappa shape index (κ3) is 1.42. The second-order valence-corrected chi connectivity index (χ2v) is 3.43. The van der Waals surface area contributed by atoms with Crippen LogP contribution in [0.2, 0.25) is 0 Å². The summed E-state index contributed by atoms with van der Waals surface area (Å²) >= 11 is 3.35. The topological polar surface area (TPSA) is 49.9 Å². The van der Waals surface area contributed by atoms with Gasteiger partial charge < -0.3 is 5.21 Å². The van der Waals surface area contributed by atoms with Gasteiger partial charge in [0.05, 0.1) is 17.9 Å². The summed E-state index contributed by atoms with van der Waals surface area (Å²) < 4.78 is 2.68. The minimum absolute atomic E-state index is 0.781. The summed E-state index contributed by atoms with van der Waals surface area (Å²) in [5, 5.41) is 15.4. The van der Waals surface area contributed by atoms with Crippen LogP contribution >= 0.6 is 15.9 Å². The summed E-state index contributed by atoms with van der Waals surface area (Å²) in [7, 11) is 0. The first-order valence-corrected chi connectivity index (χ1v) is 4.41. The Kier molecular flexibility index (Phi) is 2.02. The monoisotopic (exact) mass is 239 g/mol. The Balaban J connectivity index is 2.71. The van der Waals surface area contributed by atoms with Crippen molar-refractivity contribution in [2.45, 2.75) is 0 Å². The van der Waals surface area contributed by atoms with Gasteiger partial charge in [0.1, 0.15) is 0 Å². The van der Waals surface area contributed by atoms with Crippen LogP contribution in [0.25, 0.3) is 5.52 Å². The Morgan fingerprint density at radius 2 is 2.46 bits per heavy atom. The molecule has 4 nitrogen and oxygen atoms in total. The second kappa shape index (κ2) is 3.18. The van der Waals surface area contributed by atoms with E-state index in [0.29, 0.717) is 0 Å². The van der Waals surface area contributed by atoms with Gasteiger partial charge in [-0.1, -0.05) is 21.1 Å². The Labute approximate surface area is 82.6 Å². The van der Waals surface area contributed by atoms with Gasteiger partial charge in [-0.05, 0) is 12.1 Å². The van der Waals surface area contributed by atoms with Crippen molar-refractivity contribution in [3.63, 3.8) is 0 Å². The van der Waals surface area contributed by atoms with E-state index in [1.165, 1.54) is 6.21 Å². The number of halogens is 1. The molecule has 13 heavy (non-hydrogen) atoms. The van der Waals surface area contributed by atoms with E-state index < -0.39 is 0 Å². The number of pyridine rings is 1. The molecule has 0 fully saturated rings. The van der Waals surface area contributed by atoms with Crippen LogP contribution in [-0.2, 0) is 0 Å². The van der Waals surface area contributed by atoms with Crippen molar-refractivity contribution in [1.82, 2.24) is 9.61 Å². The lowest BCUT2D eigenvalue weighted by atomic mass is 10.3. The Bertz CT molecular complexity index is 463. The summed E-state index contributed by atoms with van der Waals surface area (Å²) in [6, 6.07) is 3.80. The fourth-order valence-electron chi connectivity index (χ4n) is 1.14. The van der Waals surface area contributed by atoms with E-state index in [4.69, 9.17) is 5.21 Å². The molecule has 0 aliphatic heterocycles. The molecule has 0 saturated heterocycles. The predicted molar refractivity (Wildman–Crippen MR) is 52.3 cm³/mol. The summed E-state index contributed by atoms with van der Waals surface area (Å²) in [5.41, 5.74) is 1.68. The van der Waals surface area contributed by atoms with E-state index in [1.807, 2.05) is 18.3 Å². The van der Waals surface area contributed by atoms with Crippen molar-refractivity contribution in [3.05, 3.63) is 34.6 Å². The van der Waals surface area contributed by atoms with Crippen molar-refractivity contribution in [1.29, 1.82) is 0 Å². The highest BCUT2D eigenvalue weighted by Crippen LogP contribution is 2.15. The second-order valence-electron chi connectivity index (χ2n) is 2.52. The van der Waals surface area contributed by atoms with Crippen LogP contribution in [0.1, 0.15) is 5.56 Å². The van der Waals surface area contributed by atoms with Crippen LogP contribution in [0.3, 0.4) is 0 Å². The number of aromatic nitrogens is 2. The summed E-state index contributed by atoms with van der Waals surface area (Å²) in [6.45, 7) is 0. The van der Waals surface area contributed by atoms with Gasteiger partial charge in [-0.15, -0.1) is 0 Å². The van der Waals surface area contributed by atoms with E-state index >= 15 is 0 Å². The van der Waals surface area contributed by atoms with Gasteiger partial charge in [-0.2, -0.15) is 5.10 Å². The normalized spacial score (nSPS) is 11.5. The van der Waals surface area contributed by atoms with E-state index in [9.17, 15) is 0 Å². The standard InChI is InChI=1S/C8H6BrN3O/c9-7-1-2-12-8(3-7)6(4-10-12)5-11-13/h1-5,13H/b11-5+. The quantitative estimate of drug-likeness (QED) is 0.470. The number of fused-ring (bicyclic) bond motifs is 1. The van der Waals surface area contributed by atoms with Crippen molar-refractivity contribution in [2.24, 2.45) is 5.16 Å². The average Bonchev–Trinajstić information content (AvgIpc) is 2.49. The minimum Gasteiger partial charge on any atom is -0.411 e.